The van der Waals surface area contributed by atoms with Crippen LogP contribution in [0.25, 0.3) is 11.3 Å². The van der Waals surface area contributed by atoms with Gasteiger partial charge < -0.3 is 45.6 Å². The summed E-state index contributed by atoms with van der Waals surface area (Å²) in [6, 6.07) is 16.0. The minimum absolute atomic E-state index is 0. The van der Waals surface area contributed by atoms with Crippen molar-refractivity contribution >= 4 is 113 Å². The Morgan fingerprint density at radius 3 is 1.54 bits per heavy atom. The normalized spacial score (nSPS) is 19.2. The SMILES string of the molecule is C.C1CNC1.CC(C)(C)OC(=O)NC1CN(c2cc(Cl)nc3cc([C@@H]4CCCCN4C(=O)c4cc(Cl)ccc4NS(C)(=O)=O)nn23)C1.CS(=O)(=O)Nc1ccc(Cl)cc1C(=O)N1CCCC[C@H]1c1cc2nc(N3CCC3)cc(N3CC(N)C3)n2n1. The second kappa shape index (κ2) is 25.9. The Morgan fingerprint density at radius 2 is 1.11 bits per heavy atom. The number of benzene rings is 2. The van der Waals surface area contributed by atoms with E-state index in [4.69, 9.17) is 60.5 Å². The lowest BCUT2D eigenvalue weighted by atomic mass is 9.98. The smallest absolute Gasteiger partial charge is 0.407 e. The molecule has 29 heteroatoms. The van der Waals surface area contributed by atoms with Gasteiger partial charge in [-0.05, 0) is 122 Å². The van der Waals surface area contributed by atoms with Crippen LogP contribution in [0.2, 0.25) is 15.2 Å². The Kier molecular flexibility index (Phi) is 19.2. The lowest BCUT2D eigenvalue weighted by Gasteiger charge is -2.41. The maximum Gasteiger partial charge on any atom is 0.407 e. The van der Waals surface area contributed by atoms with Crippen LogP contribution in [0.15, 0.2) is 60.7 Å². The molecule has 2 aromatic carbocycles. The lowest BCUT2D eigenvalue weighted by molar-refractivity contribution is 0.0494. The number of alkyl carbamates (subject to hydrolysis) is 1. The van der Waals surface area contributed by atoms with E-state index in [0.717, 1.165) is 100 Å². The maximum atomic E-state index is 13.9. The predicted molar refractivity (Wildman–Crippen MR) is 333 cm³/mol. The van der Waals surface area contributed by atoms with Crippen LogP contribution >= 0.6 is 34.8 Å². The van der Waals surface area contributed by atoms with Crippen LogP contribution in [0.3, 0.4) is 0 Å². The molecule has 6 aliphatic rings. The summed E-state index contributed by atoms with van der Waals surface area (Å²) in [6.45, 7) is 13.5. The van der Waals surface area contributed by atoms with E-state index in [9.17, 15) is 31.2 Å². The largest absolute Gasteiger partial charge is 0.444 e. The highest BCUT2D eigenvalue weighted by Gasteiger charge is 2.37. The molecule has 24 nitrogen and oxygen atoms in total. The zero-order valence-corrected chi connectivity index (χ0v) is 51.4. The molecule has 0 unspecified atom stereocenters. The second-order valence-corrected chi connectivity index (χ2v) is 27.9. The number of ether oxygens (including phenoxy) is 1. The third kappa shape index (κ3) is 15.2. The van der Waals surface area contributed by atoms with Crippen LogP contribution in [0.4, 0.5) is 33.6 Å². The molecule has 0 aliphatic carbocycles. The molecule has 4 aromatic heterocycles. The minimum atomic E-state index is -3.63. The fourth-order valence-electron chi connectivity index (χ4n) is 10.7. The zero-order chi connectivity index (χ0) is 59.8. The molecule has 6 aliphatic heterocycles. The number of hydrogen-bond acceptors (Lipinski definition) is 17. The van der Waals surface area contributed by atoms with Crippen molar-refractivity contribution in [1.29, 1.82) is 0 Å². The van der Waals surface area contributed by atoms with Gasteiger partial charge in [0.25, 0.3) is 11.8 Å². The summed E-state index contributed by atoms with van der Waals surface area (Å²) in [4.78, 5) is 59.2. The lowest BCUT2D eigenvalue weighted by Crippen LogP contribution is -2.60. The van der Waals surface area contributed by atoms with Crippen molar-refractivity contribution in [2.45, 2.75) is 109 Å². The third-order valence-corrected chi connectivity index (χ3v) is 16.9. The van der Waals surface area contributed by atoms with Crippen LogP contribution in [-0.2, 0) is 24.8 Å². The Labute approximate surface area is 511 Å². The first-order valence-electron chi connectivity index (χ1n) is 28.2. The van der Waals surface area contributed by atoms with Gasteiger partial charge in [-0.25, -0.2) is 31.6 Å². The zero-order valence-electron chi connectivity index (χ0n) is 47.5. The number of anilines is 5. The first kappa shape index (κ1) is 63.1. The van der Waals surface area contributed by atoms with E-state index in [1.54, 1.807) is 26.4 Å². The Hall–Kier alpha value is -6.42. The average molecular weight is 1270 g/mol. The van der Waals surface area contributed by atoms with Crippen molar-refractivity contribution in [2.24, 2.45) is 5.73 Å². The molecule has 10 heterocycles. The monoisotopic (exact) mass is 1270 g/mol. The number of hydrogen-bond donors (Lipinski definition) is 5. The van der Waals surface area contributed by atoms with Crippen LogP contribution in [0.5, 0.6) is 0 Å². The van der Waals surface area contributed by atoms with Gasteiger partial charge in [-0.1, -0.05) is 42.2 Å². The molecule has 6 N–H and O–H groups in total. The maximum absolute atomic E-state index is 13.9. The van der Waals surface area contributed by atoms with Crippen molar-refractivity contribution in [1.82, 2.24) is 49.6 Å². The van der Waals surface area contributed by atoms with Crippen molar-refractivity contribution in [3.05, 3.63) is 98.4 Å². The van der Waals surface area contributed by atoms with E-state index in [0.29, 0.717) is 65.0 Å². The van der Waals surface area contributed by atoms with Gasteiger partial charge in [-0.3, -0.25) is 19.0 Å². The molecule has 85 heavy (non-hydrogen) atoms. The average Bonchev–Trinajstić information content (AvgIpc) is 1.92. The van der Waals surface area contributed by atoms with Crippen molar-refractivity contribution in [3.63, 3.8) is 0 Å². The van der Waals surface area contributed by atoms with Crippen LogP contribution < -0.4 is 40.5 Å². The van der Waals surface area contributed by atoms with Gasteiger partial charge >= 0.3 is 6.09 Å². The highest BCUT2D eigenvalue weighted by atomic mass is 35.5. The van der Waals surface area contributed by atoms with E-state index in [1.165, 1.54) is 49.8 Å². The molecule has 460 valence electrons. The molecule has 3 amide bonds. The molecule has 6 fully saturated rings. The Balaban J connectivity index is 0.000000189. The number of nitrogens with zero attached hydrogens (tertiary/aromatic N) is 11. The molecule has 0 radical (unpaired) electrons. The molecular weight excluding hydrogens is 1200 g/mol. The number of likely N-dealkylation sites (tertiary alicyclic amines) is 2. The first-order chi connectivity index (χ1) is 39.8. The molecule has 6 aromatic rings. The summed E-state index contributed by atoms with van der Waals surface area (Å²) in [7, 11) is -7.22. The predicted octanol–water partition coefficient (Wildman–Crippen LogP) is 7.58. The number of piperidine rings is 2. The van der Waals surface area contributed by atoms with E-state index >= 15 is 0 Å². The van der Waals surface area contributed by atoms with Crippen molar-refractivity contribution in [3.8, 4) is 0 Å². The summed E-state index contributed by atoms with van der Waals surface area (Å²) < 4.78 is 61.6. The van der Waals surface area contributed by atoms with Gasteiger partial charge in [0.2, 0.25) is 20.0 Å². The summed E-state index contributed by atoms with van der Waals surface area (Å²) in [6.07, 6.45) is 9.04. The standard InChI is InChI=1S/C27H33Cl2N7O5S.C25H31ClN8O3S.C3H7N.CH4/c1-27(2,3)41-26(38)30-17-14-34(15-17)24-13-22(29)31-23-12-20(32-36(23)24)21-7-5-6-10-35(21)25(37)18-11-16(28)8-9-19(18)33-42(4,39)40;1-38(36,37)30-19-7-6-16(26)11-18(19)25(35)33-10-3-2-5-21(33)20-12-23-28-22(31-8-4-9-31)13-24(34(23)29-20)32-14-17(27)15-32;1-2-4-3-1;/h8-9,11-13,17,21,33H,5-7,10,14-15H2,1-4H3,(H,30,38);6-7,11-13,17,21,30H,2-5,8-10,14-15,27H2,1H3;4H,1-3H2;1H4/t2*21-;;/m00../s1. The molecular formula is C56H75Cl3N16O8S2. The Bertz CT molecular complexity index is 3670. The molecule has 12 rings (SSSR count). The number of nitrogens with two attached hydrogens (primary N) is 1. The topological polar surface area (TPSA) is 279 Å². The number of nitrogens with one attached hydrogen (secondary N) is 4. The summed E-state index contributed by atoms with van der Waals surface area (Å²) in [5.41, 5.74) is 8.90. The van der Waals surface area contributed by atoms with E-state index in [2.05, 4.69) is 40.9 Å². The van der Waals surface area contributed by atoms with Gasteiger partial charge in [-0.2, -0.15) is 19.2 Å². The van der Waals surface area contributed by atoms with Gasteiger partial charge in [0, 0.05) is 92.7 Å². The number of carbonyl (C=O) groups is 3. The van der Waals surface area contributed by atoms with Crippen LogP contribution in [0, 0.1) is 0 Å². The summed E-state index contributed by atoms with van der Waals surface area (Å²) >= 11 is 18.8. The van der Waals surface area contributed by atoms with E-state index in [-0.39, 0.29) is 65.9 Å². The molecule has 0 bridgehead atoms. The Morgan fingerprint density at radius 1 is 0.635 bits per heavy atom. The fourth-order valence-corrected chi connectivity index (χ4v) is 12.4. The number of rotatable bonds is 12. The minimum Gasteiger partial charge on any atom is -0.444 e. The van der Waals surface area contributed by atoms with Crippen LogP contribution in [0.1, 0.15) is 124 Å². The van der Waals surface area contributed by atoms with E-state index in [1.807, 2.05) is 42.3 Å². The number of carbonyl (C=O) groups excluding carboxylic acids is 3. The number of amides is 3. The van der Waals surface area contributed by atoms with Crippen molar-refractivity contribution in [2.75, 3.05) is 102 Å². The summed E-state index contributed by atoms with van der Waals surface area (Å²) in [5.74, 6) is 1.95. The highest BCUT2D eigenvalue weighted by molar-refractivity contribution is 7.92. The number of aromatic nitrogens is 6. The van der Waals surface area contributed by atoms with Gasteiger partial charge in [0.1, 0.15) is 28.2 Å². The summed E-state index contributed by atoms with van der Waals surface area (Å²) in [5, 5.41) is 16.8. The molecule has 0 saturated carbocycles. The highest BCUT2D eigenvalue weighted by Crippen LogP contribution is 2.38. The van der Waals surface area contributed by atoms with E-state index < -0.39 is 31.7 Å². The quantitative estimate of drug-likeness (QED) is 0.0738. The first-order valence-corrected chi connectivity index (χ1v) is 33.1. The molecule has 0 spiro atoms. The number of fused-ring (bicyclic) bond motifs is 2. The molecule has 2 atom stereocenters. The van der Waals surface area contributed by atoms with Gasteiger partial charge in [0.15, 0.2) is 11.3 Å². The molecule has 6 saturated heterocycles. The van der Waals surface area contributed by atoms with Crippen LogP contribution in [-0.4, -0.2) is 169 Å². The number of halogens is 3. The third-order valence-electron chi connectivity index (χ3n) is 15.1. The van der Waals surface area contributed by atoms with Gasteiger partial charge in [0.05, 0.1) is 64.5 Å². The fraction of sp³-hybridized carbons (Fsp3) is 0.518. The number of sulfonamides is 2. The second-order valence-electron chi connectivity index (χ2n) is 23.1. The van der Waals surface area contributed by atoms with Gasteiger partial charge in [-0.15, -0.1) is 0 Å². The van der Waals surface area contributed by atoms with Crippen molar-refractivity contribution < 1.29 is 36.0 Å².